The van der Waals surface area contributed by atoms with Crippen LogP contribution in [-0.2, 0) is 25.8 Å². The summed E-state index contributed by atoms with van der Waals surface area (Å²) in [4.78, 5) is 7.66. The number of nitrogens with zero attached hydrogens (tertiary/aromatic N) is 2. The minimum absolute atomic E-state index is 0.469. The van der Waals surface area contributed by atoms with Gasteiger partial charge in [0.15, 0.2) is 0 Å². The molecule has 3 aromatic rings. The first-order valence-electron chi connectivity index (χ1n) is 12.1. The molecular formula is C29H37N3. The molecule has 168 valence electrons. The zero-order valence-electron chi connectivity index (χ0n) is 20.3. The first-order valence-corrected chi connectivity index (χ1v) is 12.1. The van der Waals surface area contributed by atoms with E-state index in [0.29, 0.717) is 6.04 Å². The highest BCUT2D eigenvalue weighted by molar-refractivity contribution is 5.73. The van der Waals surface area contributed by atoms with Gasteiger partial charge in [0.1, 0.15) is 0 Å². The molecule has 1 aliphatic rings. The van der Waals surface area contributed by atoms with Crippen molar-refractivity contribution in [1.29, 1.82) is 0 Å². The first-order chi connectivity index (χ1) is 15.6. The lowest BCUT2D eigenvalue weighted by Gasteiger charge is -2.34. The van der Waals surface area contributed by atoms with Crippen molar-refractivity contribution >= 4 is 5.69 Å². The van der Waals surface area contributed by atoms with Gasteiger partial charge >= 0.3 is 0 Å². The van der Waals surface area contributed by atoms with Crippen LogP contribution in [0.15, 0.2) is 48.5 Å². The lowest BCUT2D eigenvalue weighted by Crippen LogP contribution is -2.28. The number of pyridine rings is 1. The van der Waals surface area contributed by atoms with E-state index in [2.05, 4.69) is 86.6 Å². The molecule has 2 aromatic carbocycles. The van der Waals surface area contributed by atoms with Crippen molar-refractivity contribution in [2.75, 3.05) is 19.4 Å². The van der Waals surface area contributed by atoms with E-state index in [9.17, 15) is 0 Å². The van der Waals surface area contributed by atoms with E-state index in [1.165, 1.54) is 58.3 Å². The second kappa shape index (κ2) is 9.87. The topological polar surface area (TPSA) is 28.2 Å². The monoisotopic (exact) mass is 427 g/mol. The Balaban J connectivity index is 1.69. The number of aryl methyl sites for hydroxylation is 4. The van der Waals surface area contributed by atoms with Gasteiger partial charge in [-0.3, -0.25) is 9.88 Å². The van der Waals surface area contributed by atoms with Gasteiger partial charge in [-0.05, 0) is 74.4 Å². The van der Waals surface area contributed by atoms with Crippen molar-refractivity contribution in [1.82, 2.24) is 9.88 Å². The minimum Gasteiger partial charge on any atom is -0.388 e. The third-order valence-corrected chi connectivity index (χ3v) is 7.13. The summed E-state index contributed by atoms with van der Waals surface area (Å²) in [6, 6.07) is 18.4. The normalized spacial score (nSPS) is 15.6. The number of rotatable bonds is 7. The Morgan fingerprint density at radius 2 is 1.75 bits per heavy atom. The summed E-state index contributed by atoms with van der Waals surface area (Å²) in [5.41, 5.74) is 11.8. The molecule has 1 atom stereocenters. The molecule has 0 amide bonds. The Morgan fingerprint density at radius 1 is 1.03 bits per heavy atom. The van der Waals surface area contributed by atoms with Crippen molar-refractivity contribution in [3.63, 3.8) is 0 Å². The Bertz CT molecular complexity index is 1060. The molecule has 0 aliphatic heterocycles. The Labute approximate surface area is 193 Å². The number of benzene rings is 2. The van der Waals surface area contributed by atoms with Gasteiger partial charge in [0, 0.05) is 42.1 Å². The first kappa shape index (κ1) is 22.5. The van der Waals surface area contributed by atoms with Crippen LogP contribution in [0.2, 0.25) is 0 Å². The van der Waals surface area contributed by atoms with Crippen LogP contribution < -0.4 is 5.32 Å². The van der Waals surface area contributed by atoms with Gasteiger partial charge in [0.05, 0.1) is 5.69 Å². The predicted molar refractivity (Wildman–Crippen MR) is 136 cm³/mol. The quantitative estimate of drug-likeness (QED) is 0.453. The van der Waals surface area contributed by atoms with Gasteiger partial charge in [-0.2, -0.15) is 0 Å². The average molecular weight is 428 g/mol. The molecule has 0 bridgehead atoms. The number of nitrogens with one attached hydrogen (secondary N) is 1. The highest BCUT2D eigenvalue weighted by Gasteiger charge is 2.25. The molecule has 3 nitrogen and oxygen atoms in total. The van der Waals surface area contributed by atoms with Crippen LogP contribution in [0.3, 0.4) is 0 Å². The van der Waals surface area contributed by atoms with Crippen molar-refractivity contribution in [3.05, 3.63) is 82.0 Å². The van der Waals surface area contributed by atoms with Gasteiger partial charge in [-0.15, -0.1) is 0 Å². The number of hydrogen-bond donors (Lipinski definition) is 1. The zero-order chi connectivity index (χ0) is 22.7. The molecule has 0 spiro atoms. The molecule has 1 aliphatic carbocycles. The standard InChI is InChI=1S/C29H37N3/c1-6-21-13-10-14-22(7-2)29(21)27-18-26(30-4)25(20(3)31-27)19-32(5)28-17-11-15-23-12-8-9-16-24(23)28/h8-10,12-14,16,18,28H,6-7,11,15,17,19H2,1-5H3,(H,30,31)/t28-/m0/s1. The maximum Gasteiger partial charge on any atom is 0.0731 e. The molecule has 1 aromatic heterocycles. The van der Waals surface area contributed by atoms with Crippen LogP contribution in [0.1, 0.15) is 66.2 Å². The molecule has 4 rings (SSSR count). The Morgan fingerprint density at radius 3 is 2.44 bits per heavy atom. The van der Waals surface area contributed by atoms with E-state index in [0.717, 1.165) is 30.8 Å². The fourth-order valence-electron chi connectivity index (χ4n) is 5.37. The maximum absolute atomic E-state index is 5.15. The summed E-state index contributed by atoms with van der Waals surface area (Å²) < 4.78 is 0. The second-order valence-electron chi connectivity index (χ2n) is 9.05. The molecule has 3 heteroatoms. The molecule has 0 saturated carbocycles. The Kier molecular flexibility index (Phi) is 6.95. The fraction of sp³-hybridized carbons (Fsp3) is 0.414. The highest BCUT2D eigenvalue weighted by atomic mass is 15.1. The number of hydrogen-bond acceptors (Lipinski definition) is 3. The van der Waals surface area contributed by atoms with Crippen molar-refractivity contribution in [3.8, 4) is 11.3 Å². The van der Waals surface area contributed by atoms with Crippen LogP contribution in [-0.4, -0.2) is 24.0 Å². The zero-order valence-corrected chi connectivity index (χ0v) is 20.3. The van der Waals surface area contributed by atoms with Crippen LogP contribution in [0.4, 0.5) is 5.69 Å². The third kappa shape index (κ3) is 4.31. The van der Waals surface area contributed by atoms with Crippen molar-refractivity contribution < 1.29 is 0 Å². The highest BCUT2D eigenvalue weighted by Crippen LogP contribution is 2.36. The summed E-state index contributed by atoms with van der Waals surface area (Å²) >= 11 is 0. The van der Waals surface area contributed by atoms with E-state index in [-0.39, 0.29) is 0 Å². The molecule has 1 N–H and O–H groups in total. The van der Waals surface area contributed by atoms with Crippen LogP contribution in [0.5, 0.6) is 0 Å². The SMILES string of the molecule is CCc1cccc(CC)c1-c1cc(NC)c(CN(C)[C@H]2CCCc3ccccc32)c(C)n1. The van der Waals surface area contributed by atoms with E-state index in [1.54, 1.807) is 0 Å². The van der Waals surface area contributed by atoms with E-state index in [4.69, 9.17) is 4.98 Å². The summed E-state index contributed by atoms with van der Waals surface area (Å²) in [7, 11) is 4.30. The average Bonchev–Trinajstić information content (AvgIpc) is 2.83. The van der Waals surface area contributed by atoms with Crippen molar-refractivity contribution in [2.24, 2.45) is 0 Å². The maximum atomic E-state index is 5.15. The minimum atomic E-state index is 0.469. The summed E-state index contributed by atoms with van der Waals surface area (Å²) in [5, 5.41) is 3.48. The number of anilines is 1. The summed E-state index contributed by atoms with van der Waals surface area (Å²) in [5.74, 6) is 0. The van der Waals surface area contributed by atoms with Gasteiger partial charge in [-0.25, -0.2) is 0 Å². The molecule has 0 unspecified atom stereocenters. The Hall–Kier alpha value is -2.65. The second-order valence-corrected chi connectivity index (χ2v) is 9.05. The van der Waals surface area contributed by atoms with Gasteiger partial charge in [0.25, 0.3) is 0 Å². The molecule has 32 heavy (non-hydrogen) atoms. The van der Waals surface area contributed by atoms with E-state index < -0.39 is 0 Å². The molecule has 0 fully saturated rings. The van der Waals surface area contributed by atoms with Crippen LogP contribution >= 0.6 is 0 Å². The number of fused-ring (bicyclic) bond motifs is 1. The predicted octanol–water partition coefficient (Wildman–Crippen LogP) is 6.73. The van der Waals surface area contributed by atoms with Gasteiger partial charge < -0.3 is 5.32 Å². The molecular weight excluding hydrogens is 390 g/mol. The van der Waals surface area contributed by atoms with E-state index in [1.807, 2.05) is 7.05 Å². The third-order valence-electron chi connectivity index (χ3n) is 7.13. The lowest BCUT2D eigenvalue weighted by molar-refractivity contribution is 0.213. The summed E-state index contributed by atoms with van der Waals surface area (Å²) in [6.45, 7) is 7.53. The molecule has 0 radical (unpaired) electrons. The fourth-order valence-corrected chi connectivity index (χ4v) is 5.37. The molecule has 1 heterocycles. The van der Waals surface area contributed by atoms with Crippen LogP contribution in [0.25, 0.3) is 11.3 Å². The number of aromatic nitrogens is 1. The van der Waals surface area contributed by atoms with Gasteiger partial charge in [0.2, 0.25) is 0 Å². The molecule has 0 saturated heterocycles. The van der Waals surface area contributed by atoms with E-state index >= 15 is 0 Å². The van der Waals surface area contributed by atoms with Gasteiger partial charge in [-0.1, -0.05) is 56.3 Å². The lowest BCUT2D eigenvalue weighted by atomic mass is 9.87. The summed E-state index contributed by atoms with van der Waals surface area (Å²) in [6.07, 6.45) is 5.72. The largest absolute Gasteiger partial charge is 0.388 e. The van der Waals surface area contributed by atoms with Crippen molar-refractivity contribution in [2.45, 2.75) is 65.5 Å². The van der Waals surface area contributed by atoms with Crippen LogP contribution in [0, 0.1) is 6.92 Å². The smallest absolute Gasteiger partial charge is 0.0731 e.